The largest absolute Gasteiger partial charge is 0.315 e. The molecule has 2 nitrogen and oxygen atoms in total. The number of hydrogen-bond donors (Lipinski definition) is 1. The minimum Gasteiger partial charge on any atom is -0.315 e. The summed E-state index contributed by atoms with van der Waals surface area (Å²) < 4.78 is 0. The van der Waals surface area contributed by atoms with Crippen LogP contribution in [0.3, 0.4) is 0 Å². The van der Waals surface area contributed by atoms with Gasteiger partial charge < -0.3 is 5.32 Å². The van der Waals surface area contributed by atoms with E-state index in [4.69, 9.17) is 0 Å². The lowest BCUT2D eigenvalue weighted by Crippen LogP contribution is -2.50. The number of nitrogens with one attached hydrogen (secondary N) is 1. The first kappa shape index (κ1) is 12.1. The average Bonchev–Trinajstić information content (AvgIpc) is 2.38. The topological polar surface area (TPSA) is 15.3 Å². The smallest absolute Gasteiger partial charge is 0.0281 e. The molecular weight excluding hydrogens is 196 g/mol. The molecule has 2 unspecified atom stereocenters. The van der Waals surface area contributed by atoms with Gasteiger partial charge in [0.05, 0.1) is 0 Å². The average molecular weight is 222 g/mol. The molecule has 2 rings (SSSR count). The normalized spacial score (nSPS) is 30.9. The van der Waals surface area contributed by atoms with E-state index in [1.807, 2.05) is 0 Å². The summed E-state index contributed by atoms with van der Waals surface area (Å²) in [5.41, 5.74) is 0. The monoisotopic (exact) mass is 222 g/mol. The molecule has 1 heterocycles. The van der Waals surface area contributed by atoms with Gasteiger partial charge in [0.25, 0.3) is 0 Å². The van der Waals surface area contributed by atoms with Crippen molar-refractivity contribution < 1.29 is 0 Å². The highest BCUT2D eigenvalue weighted by Crippen LogP contribution is 2.21. The lowest BCUT2D eigenvalue weighted by atomic mass is 9.97. The van der Waals surface area contributed by atoms with Crippen molar-refractivity contribution in [2.75, 3.05) is 19.6 Å². The van der Waals surface area contributed by atoms with Crippen LogP contribution < -0.4 is 5.32 Å². The Morgan fingerprint density at radius 1 is 1.31 bits per heavy atom. The summed E-state index contributed by atoms with van der Waals surface area (Å²) in [6, 6.07) is 1.50. The minimum atomic E-state index is 0.721. The van der Waals surface area contributed by atoms with Crippen molar-refractivity contribution in [1.82, 2.24) is 10.2 Å². The van der Waals surface area contributed by atoms with Crippen LogP contribution in [-0.2, 0) is 0 Å². The van der Waals surface area contributed by atoms with Gasteiger partial charge in [-0.15, -0.1) is 0 Å². The molecule has 0 saturated carbocycles. The predicted octanol–water partition coefficient (Wildman–Crippen LogP) is 2.56. The third kappa shape index (κ3) is 3.08. The molecule has 1 N–H and O–H groups in total. The Kier molecular flexibility index (Phi) is 4.86. The van der Waals surface area contributed by atoms with Gasteiger partial charge in [-0.3, -0.25) is 4.90 Å². The van der Waals surface area contributed by atoms with Crippen LogP contribution in [-0.4, -0.2) is 36.6 Å². The summed E-state index contributed by atoms with van der Waals surface area (Å²) in [5.74, 6) is 0. The Bertz CT molecular complexity index is 219. The van der Waals surface area contributed by atoms with Gasteiger partial charge in [-0.25, -0.2) is 0 Å². The number of hydrogen-bond acceptors (Lipinski definition) is 2. The molecule has 1 saturated heterocycles. The van der Waals surface area contributed by atoms with Crippen LogP contribution in [0.15, 0.2) is 12.2 Å². The number of piperidine rings is 1. The third-order valence-electron chi connectivity index (χ3n) is 3.88. The number of nitrogens with zero attached hydrogens (tertiary/aromatic N) is 1. The molecule has 92 valence electrons. The summed E-state index contributed by atoms with van der Waals surface area (Å²) in [6.07, 6.45) is 12.9. The first-order chi connectivity index (χ1) is 7.92. The Morgan fingerprint density at radius 3 is 2.88 bits per heavy atom. The summed E-state index contributed by atoms with van der Waals surface area (Å²) >= 11 is 0. The van der Waals surface area contributed by atoms with Gasteiger partial charge >= 0.3 is 0 Å². The minimum absolute atomic E-state index is 0.721. The quantitative estimate of drug-likeness (QED) is 0.735. The Balaban J connectivity index is 1.96. The van der Waals surface area contributed by atoms with E-state index in [-0.39, 0.29) is 0 Å². The number of rotatable bonds is 4. The number of allylic oxidation sites excluding steroid dienone is 1. The fourth-order valence-corrected chi connectivity index (χ4v) is 3.06. The van der Waals surface area contributed by atoms with Crippen molar-refractivity contribution in [3.8, 4) is 0 Å². The van der Waals surface area contributed by atoms with Crippen molar-refractivity contribution in [1.29, 1.82) is 0 Å². The van der Waals surface area contributed by atoms with E-state index in [1.54, 1.807) is 0 Å². The van der Waals surface area contributed by atoms with E-state index >= 15 is 0 Å². The van der Waals surface area contributed by atoms with Gasteiger partial charge in [-0.2, -0.15) is 0 Å². The molecule has 1 aliphatic heterocycles. The summed E-state index contributed by atoms with van der Waals surface area (Å²) in [7, 11) is 0. The predicted molar refractivity (Wildman–Crippen MR) is 69.7 cm³/mol. The zero-order valence-corrected chi connectivity index (χ0v) is 10.6. The third-order valence-corrected chi connectivity index (χ3v) is 3.88. The van der Waals surface area contributed by atoms with E-state index in [1.165, 1.54) is 58.2 Å². The molecular formula is C14H26N2. The van der Waals surface area contributed by atoms with Crippen molar-refractivity contribution in [2.45, 2.75) is 57.5 Å². The molecule has 1 aliphatic carbocycles. The van der Waals surface area contributed by atoms with Crippen LogP contribution in [0, 0.1) is 0 Å². The first-order valence-corrected chi connectivity index (χ1v) is 7.05. The fraction of sp³-hybridized carbons (Fsp3) is 0.857. The highest BCUT2D eigenvalue weighted by Gasteiger charge is 2.25. The molecule has 0 aromatic carbocycles. The molecule has 2 atom stereocenters. The summed E-state index contributed by atoms with van der Waals surface area (Å²) in [5, 5.41) is 3.55. The second-order valence-corrected chi connectivity index (χ2v) is 5.16. The standard InChI is InChI=1S/C14H26N2/c1-2-11-16(13-7-4-3-5-8-13)14-9-6-10-15-12-14/h4,7,13-15H,2-3,5-6,8-12H2,1H3. The van der Waals surface area contributed by atoms with E-state index in [0.717, 1.165) is 12.1 Å². The molecule has 0 spiro atoms. The zero-order valence-electron chi connectivity index (χ0n) is 10.6. The van der Waals surface area contributed by atoms with Crippen molar-refractivity contribution >= 4 is 0 Å². The first-order valence-electron chi connectivity index (χ1n) is 7.05. The van der Waals surface area contributed by atoms with Gasteiger partial charge in [-0.05, 0) is 51.6 Å². The molecule has 0 radical (unpaired) electrons. The second-order valence-electron chi connectivity index (χ2n) is 5.16. The highest BCUT2D eigenvalue weighted by molar-refractivity contribution is 5.00. The van der Waals surface area contributed by atoms with Crippen LogP contribution in [0.2, 0.25) is 0 Å². The van der Waals surface area contributed by atoms with E-state index in [9.17, 15) is 0 Å². The molecule has 2 aliphatic rings. The van der Waals surface area contributed by atoms with Gasteiger partial charge in [0, 0.05) is 18.6 Å². The molecule has 0 aromatic rings. The van der Waals surface area contributed by atoms with Crippen LogP contribution >= 0.6 is 0 Å². The Labute approximate surface area is 100 Å². The second kappa shape index (κ2) is 6.41. The lowest BCUT2D eigenvalue weighted by molar-refractivity contribution is 0.126. The maximum Gasteiger partial charge on any atom is 0.0281 e. The Morgan fingerprint density at radius 2 is 2.25 bits per heavy atom. The molecule has 0 aromatic heterocycles. The van der Waals surface area contributed by atoms with Crippen molar-refractivity contribution in [3.05, 3.63) is 12.2 Å². The van der Waals surface area contributed by atoms with Crippen LogP contribution in [0.25, 0.3) is 0 Å². The SMILES string of the molecule is CCCN(C1C=CCCC1)C1CCCNC1. The fourth-order valence-electron chi connectivity index (χ4n) is 3.06. The maximum absolute atomic E-state index is 3.55. The van der Waals surface area contributed by atoms with Crippen LogP contribution in [0.1, 0.15) is 45.4 Å². The maximum atomic E-state index is 3.55. The van der Waals surface area contributed by atoms with Crippen LogP contribution in [0.4, 0.5) is 0 Å². The van der Waals surface area contributed by atoms with E-state index < -0.39 is 0 Å². The van der Waals surface area contributed by atoms with Gasteiger partial charge in [0.1, 0.15) is 0 Å². The molecule has 1 fully saturated rings. The Hall–Kier alpha value is -0.340. The van der Waals surface area contributed by atoms with Crippen molar-refractivity contribution in [2.24, 2.45) is 0 Å². The van der Waals surface area contributed by atoms with Crippen LogP contribution in [0.5, 0.6) is 0 Å². The highest BCUT2D eigenvalue weighted by atomic mass is 15.2. The van der Waals surface area contributed by atoms with E-state index in [0.29, 0.717) is 0 Å². The lowest BCUT2D eigenvalue weighted by Gasteiger charge is -2.40. The molecule has 0 amide bonds. The summed E-state index contributed by atoms with van der Waals surface area (Å²) in [6.45, 7) is 5.98. The van der Waals surface area contributed by atoms with Gasteiger partial charge in [0.15, 0.2) is 0 Å². The van der Waals surface area contributed by atoms with Crippen molar-refractivity contribution in [3.63, 3.8) is 0 Å². The van der Waals surface area contributed by atoms with Gasteiger partial charge in [0.2, 0.25) is 0 Å². The zero-order chi connectivity index (χ0) is 11.2. The van der Waals surface area contributed by atoms with E-state index in [2.05, 4.69) is 29.3 Å². The molecule has 0 bridgehead atoms. The summed E-state index contributed by atoms with van der Waals surface area (Å²) in [4.78, 5) is 2.75. The molecule has 2 heteroatoms. The van der Waals surface area contributed by atoms with Gasteiger partial charge in [-0.1, -0.05) is 19.1 Å². The molecule has 16 heavy (non-hydrogen) atoms.